The first kappa shape index (κ1) is 24.0. The van der Waals surface area contributed by atoms with Gasteiger partial charge in [0.05, 0.1) is 28.5 Å². The molecule has 0 spiro atoms. The zero-order valence-corrected chi connectivity index (χ0v) is 20.3. The maximum atomic E-state index is 12.9. The van der Waals surface area contributed by atoms with E-state index < -0.39 is 0 Å². The summed E-state index contributed by atoms with van der Waals surface area (Å²) < 4.78 is 6.27. The highest BCUT2D eigenvalue weighted by Crippen LogP contribution is 2.34. The van der Waals surface area contributed by atoms with Crippen molar-refractivity contribution >= 4 is 39.9 Å². The molecule has 34 heavy (non-hydrogen) atoms. The summed E-state index contributed by atoms with van der Waals surface area (Å²) in [5, 5.41) is 13.9. The number of nitrogens with one attached hydrogen (secondary N) is 1. The van der Waals surface area contributed by atoms with Crippen molar-refractivity contribution < 1.29 is 14.6 Å². The molecule has 2 aromatic carbocycles. The zero-order valence-electron chi connectivity index (χ0n) is 19.5. The van der Waals surface area contributed by atoms with Crippen LogP contribution < -0.4 is 10.1 Å². The number of likely N-dealkylation sites (N-methyl/N-ethyl adjacent to an activating group) is 1. The normalized spacial score (nSPS) is 15.8. The molecule has 9 heteroatoms. The lowest BCUT2D eigenvalue weighted by molar-refractivity contribution is -0.133. The second kappa shape index (κ2) is 10.9. The number of nitrogens with zero attached hydrogens (tertiary/aromatic N) is 4. The second-order valence-electron chi connectivity index (χ2n) is 8.32. The van der Waals surface area contributed by atoms with Gasteiger partial charge in [0.15, 0.2) is 0 Å². The van der Waals surface area contributed by atoms with Crippen molar-refractivity contribution in [1.29, 1.82) is 0 Å². The molecule has 0 aliphatic carbocycles. The van der Waals surface area contributed by atoms with Crippen LogP contribution in [0.25, 0.3) is 10.9 Å². The molecule has 180 valence electrons. The van der Waals surface area contributed by atoms with Gasteiger partial charge in [0.1, 0.15) is 30.3 Å². The molecule has 4 rings (SSSR count). The van der Waals surface area contributed by atoms with Gasteiger partial charge in [0.25, 0.3) is 0 Å². The zero-order chi connectivity index (χ0) is 24.1. The molecule has 1 amide bonds. The van der Waals surface area contributed by atoms with Gasteiger partial charge in [-0.1, -0.05) is 31.5 Å². The number of rotatable bonds is 9. The van der Waals surface area contributed by atoms with Crippen LogP contribution in [0.2, 0.25) is 5.02 Å². The van der Waals surface area contributed by atoms with Crippen LogP contribution in [0.3, 0.4) is 0 Å². The third kappa shape index (κ3) is 5.34. The molecular weight excluding hydrogens is 454 g/mol. The number of likely N-dealkylation sites (tertiary alicyclic amines) is 1. The Bertz CT molecular complexity index is 1150. The van der Waals surface area contributed by atoms with Crippen LogP contribution in [-0.4, -0.2) is 69.6 Å². The fraction of sp³-hybridized carbons (Fsp3) is 0.400. The quantitative estimate of drug-likeness (QED) is 0.434. The van der Waals surface area contributed by atoms with E-state index in [4.69, 9.17) is 16.3 Å². The molecule has 1 fully saturated rings. The molecule has 3 aromatic rings. The van der Waals surface area contributed by atoms with E-state index in [-0.39, 0.29) is 22.7 Å². The fourth-order valence-electron chi connectivity index (χ4n) is 4.27. The molecule has 2 N–H and O–H groups in total. The van der Waals surface area contributed by atoms with Crippen molar-refractivity contribution in [2.75, 3.05) is 38.1 Å². The van der Waals surface area contributed by atoms with Gasteiger partial charge in [-0.2, -0.15) is 0 Å². The van der Waals surface area contributed by atoms with Crippen molar-refractivity contribution in [3.63, 3.8) is 0 Å². The number of anilines is 2. The van der Waals surface area contributed by atoms with Crippen molar-refractivity contribution in [2.24, 2.45) is 0 Å². The molecule has 1 aliphatic rings. The summed E-state index contributed by atoms with van der Waals surface area (Å²) in [5.41, 5.74) is 1.42. The van der Waals surface area contributed by atoms with Crippen LogP contribution in [0.5, 0.6) is 11.5 Å². The molecule has 1 aromatic heterocycles. The smallest absolute Gasteiger partial charge is 0.237 e. The molecule has 8 nitrogen and oxygen atoms in total. The van der Waals surface area contributed by atoms with Gasteiger partial charge in [-0.25, -0.2) is 9.97 Å². The predicted molar refractivity (Wildman–Crippen MR) is 134 cm³/mol. The van der Waals surface area contributed by atoms with Crippen molar-refractivity contribution in [2.45, 2.75) is 32.7 Å². The highest BCUT2D eigenvalue weighted by molar-refractivity contribution is 6.32. The first-order valence-electron chi connectivity index (χ1n) is 11.6. The Morgan fingerprint density at radius 1 is 1.26 bits per heavy atom. The van der Waals surface area contributed by atoms with E-state index in [1.807, 2.05) is 23.1 Å². The van der Waals surface area contributed by atoms with Crippen molar-refractivity contribution in [3.05, 3.63) is 47.7 Å². The number of ether oxygens (including phenoxy) is 1. The van der Waals surface area contributed by atoms with Crippen LogP contribution in [0.4, 0.5) is 11.5 Å². The average Bonchev–Trinajstić information content (AvgIpc) is 3.32. The van der Waals surface area contributed by atoms with Gasteiger partial charge in [-0.3, -0.25) is 9.69 Å². The average molecular weight is 484 g/mol. The summed E-state index contributed by atoms with van der Waals surface area (Å²) in [5.74, 6) is 1.39. The molecule has 1 aliphatic heterocycles. The largest absolute Gasteiger partial charge is 0.506 e. The summed E-state index contributed by atoms with van der Waals surface area (Å²) in [6, 6.07) is 10.6. The minimum Gasteiger partial charge on any atom is -0.506 e. The van der Waals surface area contributed by atoms with E-state index in [0.29, 0.717) is 30.4 Å². The lowest BCUT2D eigenvalue weighted by Crippen LogP contribution is -2.44. The van der Waals surface area contributed by atoms with Crippen LogP contribution >= 0.6 is 11.6 Å². The number of carbonyl (C=O) groups excluding carboxylic acids is 1. The Hall–Kier alpha value is -3.10. The van der Waals surface area contributed by atoms with Gasteiger partial charge in [-0.05, 0) is 56.3 Å². The first-order valence-corrected chi connectivity index (χ1v) is 12.0. The lowest BCUT2D eigenvalue weighted by Gasteiger charge is -2.28. The number of aromatic nitrogens is 2. The number of halogens is 1. The lowest BCUT2D eigenvalue weighted by atomic mass is 10.2. The van der Waals surface area contributed by atoms with E-state index in [1.165, 1.54) is 12.4 Å². The van der Waals surface area contributed by atoms with E-state index in [1.54, 1.807) is 12.1 Å². The van der Waals surface area contributed by atoms with Crippen LogP contribution in [0.1, 0.15) is 26.7 Å². The van der Waals surface area contributed by atoms with Crippen molar-refractivity contribution in [1.82, 2.24) is 19.8 Å². The van der Waals surface area contributed by atoms with Gasteiger partial charge < -0.3 is 20.1 Å². The van der Waals surface area contributed by atoms with Gasteiger partial charge in [-0.15, -0.1) is 0 Å². The monoisotopic (exact) mass is 483 g/mol. The number of fused-ring (bicyclic) bond motifs is 1. The number of carbonyl (C=O) groups is 1. The molecule has 1 atom stereocenters. The second-order valence-corrected chi connectivity index (χ2v) is 8.73. The Kier molecular flexibility index (Phi) is 7.70. The summed E-state index contributed by atoms with van der Waals surface area (Å²) in [7, 11) is 0. The predicted octanol–water partition coefficient (Wildman–Crippen LogP) is 4.44. The standard InChI is InChI=1S/C25H30ClN5O3/c1-3-30(4-2)14-23(33)31-12-6-7-18(31)15-34-22-9-5-8-20-24(22)25(28-16-27-20)29-17-10-11-21(32)19(26)13-17/h5,8-11,13,16,18,32H,3-4,6-7,12,14-15H2,1-2H3,(H,27,28,29). The SMILES string of the molecule is CCN(CC)CC(=O)N1CCCC1COc1cccc2ncnc(Nc3ccc(O)c(Cl)c3)c12. The third-order valence-corrected chi connectivity index (χ3v) is 6.52. The summed E-state index contributed by atoms with van der Waals surface area (Å²) >= 11 is 6.06. The number of hydrogen-bond acceptors (Lipinski definition) is 7. The van der Waals surface area contributed by atoms with Gasteiger partial charge in [0.2, 0.25) is 5.91 Å². The first-order chi connectivity index (χ1) is 16.5. The Balaban J connectivity index is 1.53. The van der Waals surface area contributed by atoms with E-state index in [2.05, 4.69) is 34.0 Å². The van der Waals surface area contributed by atoms with Crippen LogP contribution in [0.15, 0.2) is 42.7 Å². The maximum absolute atomic E-state index is 12.9. The Labute approximate surface area is 204 Å². The summed E-state index contributed by atoms with van der Waals surface area (Å²) in [6.45, 7) is 7.46. The fourth-order valence-corrected chi connectivity index (χ4v) is 4.45. The number of phenols is 1. The van der Waals surface area contributed by atoms with Gasteiger partial charge >= 0.3 is 0 Å². The van der Waals surface area contributed by atoms with Crippen LogP contribution in [-0.2, 0) is 4.79 Å². The van der Waals surface area contributed by atoms with Crippen molar-refractivity contribution in [3.8, 4) is 11.5 Å². The number of benzene rings is 2. The molecule has 2 heterocycles. The van der Waals surface area contributed by atoms with Crippen LogP contribution in [0, 0.1) is 0 Å². The molecule has 0 bridgehead atoms. The van der Waals surface area contributed by atoms with E-state index >= 15 is 0 Å². The number of hydrogen-bond donors (Lipinski definition) is 2. The summed E-state index contributed by atoms with van der Waals surface area (Å²) in [6.07, 6.45) is 3.38. The number of phenolic OH excluding ortho intramolecular Hbond substituents is 1. The topological polar surface area (TPSA) is 90.8 Å². The van der Waals surface area contributed by atoms with E-state index in [9.17, 15) is 9.90 Å². The Morgan fingerprint density at radius 2 is 2.09 bits per heavy atom. The molecular formula is C25H30ClN5O3. The number of aromatic hydroxyl groups is 1. The Morgan fingerprint density at radius 3 is 2.85 bits per heavy atom. The highest BCUT2D eigenvalue weighted by atomic mass is 35.5. The molecule has 0 saturated carbocycles. The highest BCUT2D eigenvalue weighted by Gasteiger charge is 2.30. The minimum atomic E-state index is 0.0143. The van der Waals surface area contributed by atoms with E-state index in [0.717, 1.165) is 43.4 Å². The minimum absolute atomic E-state index is 0.0143. The number of amides is 1. The maximum Gasteiger partial charge on any atom is 0.237 e. The molecule has 1 unspecified atom stereocenters. The summed E-state index contributed by atoms with van der Waals surface area (Å²) in [4.78, 5) is 25.8. The van der Waals surface area contributed by atoms with Gasteiger partial charge in [0, 0.05) is 12.2 Å². The third-order valence-electron chi connectivity index (χ3n) is 6.22. The molecule has 1 saturated heterocycles. The molecule has 0 radical (unpaired) electrons.